The summed E-state index contributed by atoms with van der Waals surface area (Å²) in [5.41, 5.74) is 3.19. The van der Waals surface area contributed by atoms with Crippen molar-refractivity contribution in [2.24, 2.45) is 0 Å². The largest absolute Gasteiger partial charge is 0.338 e. The predicted molar refractivity (Wildman–Crippen MR) is 71.2 cm³/mol. The first kappa shape index (κ1) is 11.2. The van der Waals surface area contributed by atoms with Gasteiger partial charge in [0.1, 0.15) is 5.82 Å². The molecule has 0 saturated heterocycles. The van der Waals surface area contributed by atoms with Crippen LogP contribution in [0.1, 0.15) is 5.56 Å². The first-order chi connectivity index (χ1) is 8.66. The molecule has 1 heterocycles. The average Bonchev–Trinajstić information content (AvgIpc) is 2.78. The van der Waals surface area contributed by atoms with Gasteiger partial charge in [0.25, 0.3) is 0 Å². The van der Waals surface area contributed by atoms with Crippen LogP contribution in [0.25, 0.3) is 22.4 Å². The van der Waals surface area contributed by atoms with Crippen molar-refractivity contribution in [2.75, 3.05) is 0 Å². The fourth-order valence-corrected chi connectivity index (χ4v) is 2.16. The van der Waals surface area contributed by atoms with Gasteiger partial charge < -0.3 is 4.98 Å². The Bertz CT molecular complexity index is 734. The van der Waals surface area contributed by atoms with Crippen LogP contribution in [0.15, 0.2) is 36.4 Å². The Morgan fingerprint density at radius 2 is 1.94 bits per heavy atom. The molecule has 0 saturated carbocycles. The molecular formula is C14H10ClFN2. The molecule has 90 valence electrons. The molecule has 1 N–H and O–H groups in total. The number of imidazole rings is 1. The van der Waals surface area contributed by atoms with Crippen LogP contribution in [-0.2, 0) is 0 Å². The van der Waals surface area contributed by atoms with E-state index in [1.54, 1.807) is 12.1 Å². The van der Waals surface area contributed by atoms with Gasteiger partial charge in [-0.05, 0) is 30.7 Å². The fourth-order valence-electron chi connectivity index (χ4n) is 1.99. The van der Waals surface area contributed by atoms with Crippen molar-refractivity contribution >= 4 is 22.6 Å². The molecule has 0 aliphatic rings. The van der Waals surface area contributed by atoms with Crippen molar-refractivity contribution in [1.29, 1.82) is 0 Å². The van der Waals surface area contributed by atoms with Crippen LogP contribution in [0, 0.1) is 12.7 Å². The molecule has 1 aromatic heterocycles. The van der Waals surface area contributed by atoms with Gasteiger partial charge in [0.2, 0.25) is 0 Å². The molecular weight excluding hydrogens is 251 g/mol. The summed E-state index contributed by atoms with van der Waals surface area (Å²) < 4.78 is 13.9. The number of hydrogen-bond donors (Lipinski definition) is 1. The van der Waals surface area contributed by atoms with Crippen LogP contribution in [0.5, 0.6) is 0 Å². The van der Waals surface area contributed by atoms with Gasteiger partial charge in [0, 0.05) is 0 Å². The first-order valence-corrected chi connectivity index (χ1v) is 5.94. The van der Waals surface area contributed by atoms with Gasteiger partial charge >= 0.3 is 0 Å². The minimum absolute atomic E-state index is 0.102. The third-order valence-electron chi connectivity index (χ3n) is 2.92. The summed E-state index contributed by atoms with van der Waals surface area (Å²) in [7, 11) is 0. The highest BCUT2D eigenvalue weighted by molar-refractivity contribution is 6.31. The van der Waals surface area contributed by atoms with Crippen molar-refractivity contribution in [3.63, 3.8) is 0 Å². The van der Waals surface area contributed by atoms with E-state index in [9.17, 15) is 4.39 Å². The van der Waals surface area contributed by atoms with E-state index in [4.69, 9.17) is 11.6 Å². The number of benzene rings is 2. The summed E-state index contributed by atoms with van der Waals surface area (Å²) >= 11 is 5.78. The molecule has 3 rings (SSSR count). The lowest BCUT2D eigenvalue weighted by Gasteiger charge is -2.00. The number of fused-ring (bicyclic) bond motifs is 1. The number of nitrogens with zero attached hydrogens (tertiary/aromatic N) is 1. The lowest BCUT2D eigenvalue weighted by molar-refractivity contribution is 0.630. The minimum Gasteiger partial charge on any atom is -0.338 e. The second-order valence-electron chi connectivity index (χ2n) is 4.16. The smallest absolute Gasteiger partial charge is 0.152 e. The van der Waals surface area contributed by atoms with Crippen molar-refractivity contribution in [1.82, 2.24) is 9.97 Å². The molecule has 0 radical (unpaired) electrons. The monoisotopic (exact) mass is 260 g/mol. The summed E-state index contributed by atoms with van der Waals surface area (Å²) in [6, 6.07) is 10.7. The van der Waals surface area contributed by atoms with Crippen molar-refractivity contribution in [3.05, 3.63) is 52.8 Å². The van der Waals surface area contributed by atoms with E-state index in [1.165, 1.54) is 6.07 Å². The predicted octanol–water partition coefficient (Wildman–Crippen LogP) is 4.33. The van der Waals surface area contributed by atoms with Crippen LogP contribution < -0.4 is 0 Å². The highest BCUT2D eigenvalue weighted by atomic mass is 35.5. The first-order valence-electron chi connectivity index (χ1n) is 5.56. The van der Waals surface area contributed by atoms with Crippen molar-refractivity contribution < 1.29 is 4.39 Å². The second kappa shape index (κ2) is 4.10. The molecule has 0 amide bonds. The Kier molecular flexibility index (Phi) is 2.56. The molecule has 18 heavy (non-hydrogen) atoms. The SMILES string of the molecule is Cc1cccc2[nH]c(-c3cccc(Cl)c3F)nc12. The zero-order valence-corrected chi connectivity index (χ0v) is 10.4. The molecule has 0 atom stereocenters. The van der Waals surface area contributed by atoms with E-state index in [0.29, 0.717) is 11.4 Å². The normalized spacial score (nSPS) is 11.1. The summed E-state index contributed by atoms with van der Waals surface area (Å²) in [6.45, 7) is 1.97. The standard InChI is InChI=1S/C14H10ClFN2/c1-8-4-2-7-11-13(8)18-14(17-11)9-5-3-6-10(15)12(9)16/h2-7H,1H3,(H,17,18). The Morgan fingerprint density at radius 1 is 1.17 bits per heavy atom. The van der Waals surface area contributed by atoms with E-state index in [1.807, 2.05) is 25.1 Å². The molecule has 0 unspecified atom stereocenters. The lowest BCUT2D eigenvalue weighted by Crippen LogP contribution is -1.87. The number of hydrogen-bond acceptors (Lipinski definition) is 1. The Balaban J connectivity index is 2.26. The van der Waals surface area contributed by atoms with Gasteiger partial charge in [-0.3, -0.25) is 0 Å². The maximum Gasteiger partial charge on any atom is 0.152 e. The lowest BCUT2D eigenvalue weighted by atomic mass is 10.2. The summed E-state index contributed by atoms with van der Waals surface area (Å²) in [6.07, 6.45) is 0. The third-order valence-corrected chi connectivity index (χ3v) is 3.21. The molecule has 0 fully saturated rings. The van der Waals surface area contributed by atoms with Gasteiger partial charge in [0.15, 0.2) is 5.82 Å². The van der Waals surface area contributed by atoms with Crippen LogP contribution in [0.3, 0.4) is 0 Å². The highest BCUT2D eigenvalue weighted by Crippen LogP contribution is 2.27. The number of nitrogens with one attached hydrogen (secondary N) is 1. The molecule has 0 bridgehead atoms. The molecule has 0 aliphatic heterocycles. The Hall–Kier alpha value is -1.87. The number of halogens is 2. The van der Waals surface area contributed by atoms with Gasteiger partial charge in [0.05, 0.1) is 21.6 Å². The zero-order valence-electron chi connectivity index (χ0n) is 9.67. The maximum atomic E-state index is 13.9. The third kappa shape index (κ3) is 1.68. The molecule has 3 aromatic rings. The topological polar surface area (TPSA) is 28.7 Å². The average molecular weight is 261 g/mol. The number of H-pyrrole nitrogens is 1. The fraction of sp³-hybridized carbons (Fsp3) is 0.0714. The molecule has 0 aliphatic carbocycles. The quantitative estimate of drug-likeness (QED) is 0.693. The van der Waals surface area contributed by atoms with Crippen molar-refractivity contribution in [3.8, 4) is 11.4 Å². The van der Waals surface area contributed by atoms with Gasteiger partial charge in [-0.25, -0.2) is 9.37 Å². The highest BCUT2D eigenvalue weighted by Gasteiger charge is 2.12. The minimum atomic E-state index is -0.448. The van der Waals surface area contributed by atoms with Gasteiger partial charge in [-0.2, -0.15) is 0 Å². The molecule has 2 aromatic carbocycles. The van der Waals surface area contributed by atoms with Crippen LogP contribution >= 0.6 is 11.6 Å². The van der Waals surface area contributed by atoms with Crippen LogP contribution in [0.4, 0.5) is 4.39 Å². The number of rotatable bonds is 1. The Labute approximate surface area is 108 Å². The van der Waals surface area contributed by atoms with E-state index in [2.05, 4.69) is 9.97 Å². The van der Waals surface area contributed by atoms with Crippen molar-refractivity contribution in [2.45, 2.75) is 6.92 Å². The van der Waals surface area contributed by atoms with Gasteiger partial charge in [-0.1, -0.05) is 29.8 Å². The summed E-state index contributed by atoms with van der Waals surface area (Å²) in [5, 5.41) is 0.102. The number of aromatic nitrogens is 2. The number of aryl methyl sites for hydroxylation is 1. The number of para-hydroxylation sites is 1. The van der Waals surface area contributed by atoms with Gasteiger partial charge in [-0.15, -0.1) is 0 Å². The number of aromatic amines is 1. The van der Waals surface area contributed by atoms with E-state index < -0.39 is 5.82 Å². The summed E-state index contributed by atoms with van der Waals surface area (Å²) in [5.74, 6) is 0.0511. The van der Waals surface area contributed by atoms with E-state index >= 15 is 0 Å². The summed E-state index contributed by atoms with van der Waals surface area (Å²) in [4.78, 5) is 7.54. The molecule has 2 nitrogen and oxygen atoms in total. The second-order valence-corrected chi connectivity index (χ2v) is 4.57. The van der Waals surface area contributed by atoms with Crippen LogP contribution in [-0.4, -0.2) is 9.97 Å². The molecule has 4 heteroatoms. The van der Waals surface area contributed by atoms with E-state index in [0.717, 1.165) is 16.6 Å². The van der Waals surface area contributed by atoms with Crippen LogP contribution in [0.2, 0.25) is 5.02 Å². The zero-order chi connectivity index (χ0) is 12.7. The maximum absolute atomic E-state index is 13.9. The molecule has 0 spiro atoms. The van der Waals surface area contributed by atoms with E-state index in [-0.39, 0.29) is 5.02 Å². The Morgan fingerprint density at radius 3 is 2.72 bits per heavy atom.